The molecular formula is C12H17NO4. The van der Waals surface area contributed by atoms with Crippen molar-refractivity contribution < 1.29 is 19.4 Å². The second kappa shape index (κ2) is 9.35. The number of aliphatic hydroxyl groups is 1. The van der Waals surface area contributed by atoms with Gasteiger partial charge in [-0.15, -0.1) is 0 Å². The Morgan fingerprint density at radius 1 is 1.47 bits per heavy atom. The van der Waals surface area contributed by atoms with Crippen LogP contribution in [0.5, 0.6) is 0 Å². The van der Waals surface area contributed by atoms with Gasteiger partial charge in [-0.2, -0.15) is 0 Å². The van der Waals surface area contributed by atoms with E-state index in [1.807, 2.05) is 18.2 Å². The lowest BCUT2D eigenvalue weighted by Crippen LogP contribution is -2.39. The number of esters is 1. The smallest absolute Gasteiger partial charge is 0.330 e. The molecule has 2 N–H and O–H groups in total. The van der Waals surface area contributed by atoms with Gasteiger partial charge in [0.1, 0.15) is 6.04 Å². The molecule has 1 atom stereocenters. The highest BCUT2D eigenvalue weighted by atomic mass is 16.5. The van der Waals surface area contributed by atoms with Crippen molar-refractivity contribution in [2.24, 2.45) is 0 Å². The van der Waals surface area contributed by atoms with Crippen LogP contribution in [-0.4, -0.2) is 37.2 Å². The molecule has 0 unspecified atom stereocenters. The van der Waals surface area contributed by atoms with Gasteiger partial charge >= 0.3 is 5.97 Å². The Morgan fingerprint density at radius 2 is 2.06 bits per heavy atom. The summed E-state index contributed by atoms with van der Waals surface area (Å²) in [6.45, 7) is 1.63. The van der Waals surface area contributed by atoms with Crippen LogP contribution >= 0.6 is 0 Å². The second-order valence-electron chi connectivity index (χ2n) is 3.20. The molecule has 1 rings (SSSR count). The minimum absolute atomic E-state index is 0.331. The van der Waals surface area contributed by atoms with Gasteiger partial charge < -0.3 is 15.2 Å². The molecule has 1 amide bonds. The molecule has 0 bridgehead atoms. The molecule has 0 heterocycles. The van der Waals surface area contributed by atoms with Gasteiger partial charge in [0.2, 0.25) is 6.41 Å². The zero-order chi connectivity index (χ0) is 13.1. The summed E-state index contributed by atoms with van der Waals surface area (Å²) in [6, 6.07) is 9.32. The fourth-order valence-electron chi connectivity index (χ4n) is 0.954. The number of hydrogen-bond donors (Lipinski definition) is 2. The molecule has 94 valence electrons. The van der Waals surface area contributed by atoms with Crippen molar-refractivity contribution in [1.82, 2.24) is 5.32 Å². The van der Waals surface area contributed by atoms with Crippen molar-refractivity contribution in [3.63, 3.8) is 0 Å². The maximum absolute atomic E-state index is 10.5. The highest BCUT2D eigenvalue weighted by molar-refractivity contribution is 5.78. The molecule has 0 fully saturated rings. The number of aliphatic hydroxyl groups excluding tert-OH is 1. The largest absolute Gasteiger partial charge is 0.467 e. The van der Waals surface area contributed by atoms with E-state index in [1.165, 1.54) is 12.7 Å². The first-order valence-corrected chi connectivity index (χ1v) is 5.05. The van der Waals surface area contributed by atoms with Gasteiger partial charge in [-0.3, -0.25) is 4.79 Å². The van der Waals surface area contributed by atoms with Gasteiger partial charge in [-0.25, -0.2) is 4.79 Å². The minimum Gasteiger partial charge on any atom is -0.467 e. The number of nitrogens with one attached hydrogen (secondary N) is 1. The van der Waals surface area contributed by atoms with Crippen LogP contribution in [0.3, 0.4) is 0 Å². The van der Waals surface area contributed by atoms with Crippen LogP contribution in [0, 0.1) is 6.92 Å². The molecule has 0 radical (unpaired) electrons. The number of carbonyl (C=O) groups is 2. The Labute approximate surface area is 100 Å². The lowest BCUT2D eigenvalue weighted by molar-refractivity contribution is -0.145. The summed E-state index contributed by atoms with van der Waals surface area (Å²) in [7, 11) is 1.18. The van der Waals surface area contributed by atoms with Crippen LogP contribution < -0.4 is 5.32 Å². The standard InChI is InChI=1S/C7H8.C5H9NO4/c1-7-5-3-2-4-6-7;1-10-5(9)4(2-7)6-3-8/h2-6H,1H3;3-4,7H,2H2,1H3,(H,6,8)/t;4-/m.0/s1. The van der Waals surface area contributed by atoms with Crippen molar-refractivity contribution in [2.75, 3.05) is 13.7 Å². The van der Waals surface area contributed by atoms with E-state index in [4.69, 9.17) is 5.11 Å². The summed E-state index contributed by atoms with van der Waals surface area (Å²) >= 11 is 0. The van der Waals surface area contributed by atoms with E-state index in [0.717, 1.165) is 0 Å². The summed E-state index contributed by atoms with van der Waals surface area (Å²) in [5.74, 6) is -0.658. The van der Waals surface area contributed by atoms with Gasteiger partial charge in [0, 0.05) is 0 Å². The van der Waals surface area contributed by atoms with Crippen LogP contribution in [0.15, 0.2) is 30.3 Å². The third-order valence-electron chi connectivity index (χ3n) is 1.88. The number of amides is 1. The zero-order valence-electron chi connectivity index (χ0n) is 9.92. The van der Waals surface area contributed by atoms with Crippen molar-refractivity contribution in [2.45, 2.75) is 13.0 Å². The van der Waals surface area contributed by atoms with E-state index in [-0.39, 0.29) is 0 Å². The van der Waals surface area contributed by atoms with Gasteiger partial charge in [0.25, 0.3) is 0 Å². The SMILES string of the molecule is COC(=O)[C@H](CO)NC=O.Cc1ccccc1. The van der Waals surface area contributed by atoms with Crippen LogP contribution in [-0.2, 0) is 14.3 Å². The van der Waals surface area contributed by atoms with Crippen LogP contribution in [0.25, 0.3) is 0 Å². The highest BCUT2D eigenvalue weighted by Gasteiger charge is 2.15. The van der Waals surface area contributed by atoms with E-state index in [9.17, 15) is 9.59 Å². The Hall–Kier alpha value is -1.88. The fourth-order valence-corrected chi connectivity index (χ4v) is 0.954. The number of rotatable bonds is 4. The number of ether oxygens (including phenoxy) is 1. The topological polar surface area (TPSA) is 75.6 Å². The molecule has 5 nitrogen and oxygen atoms in total. The van der Waals surface area contributed by atoms with E-state index >= 15 is 0 Å². The van der Waals surface area contributed by atoms with Crippen LogP contribution in [0.4, 0.5) is 0 Å². The summed E-state index contributed by atoms with van der Waals surface area (Å²) in [5.41, 5.74) is 1.32. The quantitative estimate of drug-likeness (QED) is 0.584. The predicted octanol–water partition coefficient (Wildman–Crippen LogP) is 0.261. The third kappa shape index (κ3) is 7.08. The molecule has 1 aromatic rings. The summed E-state index contributed by atoms with van der Waals surface area (Å²) in [5, 5.41) is 10.5. The molecule has 0 saturated carbocycles. The number of benzene rings is 1. The first-order valence-electron chi connectivity index (χ1n) is 5.05. The molecule has 0 aliphatic heterocycles. The second-order valence-corrected chi connectivity index (χ2v) is 3.20. The predicted molar refractivity (Wildman–Crippen MR) is 63.3 cm³/mol. The Morgan fingerprint density at radius 3 is 2.35 bits per heavy atom. The first kappa shape index (κ1) is 15.1. The van der Waals surface area contributed by atoms with E-state index in [1.54, 1.807) is 0 Å². The van der Waals surface area contributed by atoms with Crippen molar-refractivity contribution in [1.29, 1.82) is 0 Å². The average molecular weight is 239 g/mol. The molecule has 5 heteroatoms. The minimum atomic E-state index is -0.942. The molecule has 0 aromatic heterocycles. The van der Waals surface area contributed by atoms with Gasteiger partial charge in [-0.1, -0.05) is 35.9 Å². The molecular weight excluding hydrogens is 222 g/mol. The number of methoxy groups -OCH3 is 1. The van der Waals surface area contributed by atoms with Gasteiger partial charge in [0.15, 0.2) is 0 Å². The zero-order valence-corrected chi connectivity index (χ0v) is 9.92. The molecule has 0 saturated heterocycles. The van der Waals surface area contributed by atoms with Gasteiger partial charge in [0.05, 0.1) is 13.7 Å². The molecule has 0 aliphatic rings. The summed E-state index contributed by atoms with van der Waals surface area (Å²) in [6.07, 6.45) is 0.331. The molecule has 0 spiro atoms. The van der Waals surface area contributed by atoms with Crippen LogP contribution in [0.2, 0.25) is 0 Å². The first-order chi connectivity index (χ1) is 8.15. The van der Waals surface area contributed by atoms with Crippen molar-refractivity contribution in [3.05, 3.63) is 35.9 Å². The molecule has 0 aliphatic carbocycles. The maximum atomic E-state index is 10.5. The lowest BCUT2D eigenvalue weighted by Gasteiger charge is -2.08. The maximum Gasteiger partial charge on any atom is 0.330 e. The van der Waals surface area contributed by atoms with Crippen LogP contribution in [0.1, 0.15) is 5.56 Å². The summed E-state index contributed by atoms with van der Waals surface area (Å²) < 4.78 is 4.24. The lowest BCUT2D eigenvalue weighted by atomic mass is 10.2. The fraction of sp³-hybridized carbons (Fsp3) is 0.333. The average Bonchev–Trinajstić information content (AvgIpc) is 2.36. The highest BCUT2D eigenvalue weighted by Crippen LogP contribution is 1.92. The number of carbonyl (C=O) groups excluding carboxylic acids is 2. The Bertz CT molecular complexity index is 327. The van der Waals surface area contributed by atoms with E-state index < -0.39 is 18.6 Å². The Kier molecular flexibility index (Phi) is 8.32. The number of aryl methyl sites for hydroxylation is 1. The Balaban J connectivity index is 0.000000318. The number of hydrogen-bond acceptors (Lipinski definition) is 4. The van der Waals surface area contributed by atoms with Crippen molar-refractivity contribution >= 4 is 12.4 Å². The third-order valence-corrected chi connectivity index (χ3v) is 1.88. The summed E-state index contributed by atoms with van der Waals surface area (Å²) in [4.78, 5) is 20.3. The molecule has 17 heavy (non-hydrogen) atoms. The van der Waals surface area contributed by atoms with E-state index in [0.29, 0.717) is 6.41 Å². The monoisotopic (exact) mass is 239 g/mol. The molecule has 1 aromatic carbocycles. The van der Waals surface area contributed by atoms with Gasteiger partial charge in [-0.05, 0) is 6.92 Å². The van der Waals surface area contributed by atoms with E-state index in [2.05, 4.69) is 29.1 Å². The normalized spacial score (nSPS) is 10.5. The van der Waals surface area contributed by atoms with Crippen molar-refractivity contribution in [3.8, 4) is 0 Å².